The minimum absolute atomic E-state index is 0.120. The highest BCUT2D eigenvalue weighted by Gasteiger charge is 2.16. The Hall–Kier alpha value is -4.13. The molecule has 0 aliphatic carbocycles. The molecular weight excluding hydrogens is 372 g/mol. The molecule has 0 atom stereocenters. The monoisotopic (exact) mass is 388 g/mol. The fraction of sp³-hybridized carbons (Fsp3) is 0.0455. The number of carboxylic acids is 1. The zero-order chi connectivity index (χ0) is 20.4. The number of benzene rings is 3. The predicted octanol–water partition coefficient (Wildman–Crippen LogP) is 4.94. The molecule has 7 nitrogen and oxygen atoms in total. The summed E-state index contributed by atoms with van der Waals surface area (Å²) in [5.41, 5.74) is 2.28. The Morgan fingerprint density at radius 2 is 1.72 bits per heavy atom. The largest absolute Gasteiger partial charge is 0.478 e. The van der Waals surface area contributed by atoms with Crippen LogP contribution in [0, 0.1) is 0 Å². The molecule has 0 aliphatic heterocycles. The third-order valence-electron chi connectivity index (χ3n) is 4.16. The van der Waals surface area contributed by atoms with Crippen molar-refractivity contribution in [2.45, 2.75) is 6.92 Å². The fourth-order valence-corrected chi connectivity index (χ4v) is 2.89. The number of hydrogen-bond donors (Lipinski definition) is 2. The summed E-state index contributed by atoms with van der Waals surface area (Å²) in [5, 5.41) is 12.1. The van der Waals surface area contributed by atoms with Crippen LogP contribution in [0.5, 0.6) is 11.5 Å². The lowest BCUT2D eigenvalue weighted by Crippen LogP contribution is -2.05. The first-order chi connectivity index (χ1) is 14.0. The second kappa shape index (κ2) is 7.47. The van der Waals surface area contributed by atoms with Gasteiger partial charge in [0, 0.05) is 18.7 Å². The number of rotatable bonds is 5. The van der Waals surface area contributed by atoms with Crippen molar-refractivity contribution in [3.05, 3.63) is 72.3 Å². The summed E-state index contributed by atoms with van der Waals surface area (Å²) >= 11 is 0. The van der Waals surface area contributed by atoms with E-state index in [0.29, 0.717) is 33.8 Å². The van der Waals surface area contributed by atoms with Gasteiger partial charge in [0.25, 0.3) is 0 Å². The van der Waals surface area contributed by atoms with Gasteiger partial charge in [-0.1, -0.05) is 12.1 Å². The lowest BCUT2D eigenvalue weighted by molar-refractivity contribution is -0.114. The van der Waals surface area contributed by atoms with Gasteiger partial charge in [0.1, 0.15) is 17.0 Å². The quantitative estimate of drug-likeness (QED) is 0.502. The summed E-state index contributed by atoms with van der Waals surface area (Å²) in [6.45, 7) is 1.44. The average Bonchev–Trinajstić information content (AvgIpc) is 3.12. The van der Waals surface area contributed by atoms with Gasteiger partial charge in [-0.25, -0.2) is 9.78 Å². The molecule has 0 bridgehead atoms. The van der Waals surface area contributed by atoms with Crippen LogP contribution in [0.4, 0.5) is 5.69 Å². The number of carbonyl (C=O) groups is 2. The van der Waals surface area contributed by atoms with Gasteiger partial charge in [-0.05, 0) is 48.5 Å². The Balaban J connectivity index is 1.61. The number of aromatic nitrogens is 1. The molecule has 0 saturated heterocycles. The van der Waals surface area contributed by atoms with Gasteiger partial charge in [0.2, 0.25) is 11.8 Å². The van der Waals surface area contributed by atoms with Crippen LogP contribution in [0.1, 0.15) is 17.3 Å². The number of ether oxygens (including phenoxy) is 1. The number of hydrogen-bond acceptors (Lipinski definition) is 5. The standard InChI is InChI=1S/C22H16N2O5/c1-13(25)23-14-6-8-15(9-7-14)28-16-10-11-19-20(12-16)29-21(24-19)17-4-2-3-5-18(17)22(26)27/h2-12H,1H3,(H,23,25)(H,26,27). The summed E-state index contributed by atoms with van der Waals surface area (Å²) in [7, 11) is 0. The van der Waals surface area contributed by atoms with Crippen molar-refractivity contribution in [2.75, 3.05) is 5.32 Å². The SMILES string of the molecule is CC(=O)Nc1ccc(Oc2ccc3nc(-c4ccccc4C(=O)O)oc3c2)cc1. The predicted molar refractivity (Wildman–Crippen MR) is 107 cm³/mol. The molecule has 2 N–H and O–H groups in total. The molecule has 0 fully saturated rings. The number of anilines is 1. The van der Waals surface area contributed by atoms with Crippen molar-refractivity contribution in [3.63, 3.8) is 0 Å². The van der Waals surface area contributed by atoms with E-state index in [9.17, 15) is 14.7 Å². The first kappa shape index (κ1) is 18.2. The molecule has 0 unspecified atom stereocenters. The summed E-state index contributed by atoms with van der Waals surface area (Å²) in [4.78, 5) is 26.9. The second-order valence-electron chi connectivity index (χ2n) is 6.31. The minimum Gasteiger partial charge on any atom is -0.478 e. The molecule has 144 valence electrons. The maximum atomic E-state index is 11.4. The highest BCUT2D eigenvalue weighted by Crippen LogP contribution is 2.31. The van der Waals surface area contributed by atoms with E-state index in [1.165, 1.54) is 13.0 Å². The maximum absolute atomic E-state index is 11.4. The van der Waals surface area contributed by atoms with Crippen molar-refractivity contribution < 1.29 is 23.8 Å². The first-order valence-corrected chi connectivity index (χ1v) is 8.78. The lowest BCUT2D eigenvalue weighted by atomic mass is 10.1. The molecule has 1 amide bonds. The molecule has 0 saturated carbocycles. The maximum Gasteiger partial charge on any atom is 0.336 e. The van der Waals surface area contributed by atoms with E-state index in [0.717, 1.165) is 0 Å². The van der Waals surface area contributed by atoms with Crippen LogP contribution in [0.3, 0.4) is 0 Å². The molecule has 4 rings (SSSR count). The molecule has 1 aromatic heterocycles. The Morgan fingerprint density at radius 3 is 2.45 bits per heavy atom. The van der Waals surface area contributed by atoms with Gasteiger partial charge in [0.15, 0.2) is 5.58 Å². The van der Waals surface area contributed by atoms with Gasteiger partial charge in [-0.3, -0.25) is 4.79 Å². The Kier molecular flexibility index (Phi) is 4.70. The van der Waals surface area contributed by atoms with Crippen molar-refractivity contribution in [1.29, 1.82) is 0 Å². The van der Waals surface area contributed by atoms with Crippen molar-refractivity contribution in [3.8, 4) is 23.0 Å². The van der Waals surface area contributed by atoms with Crippen LogP contribution in [-0.4, -0.2) is 22.0 Å². The second-order valence-corrected chi connectivity index (χ2v) is 6.31. The molecule has 1 heterocycles. The van der Waals surface area contributed by atoms with Crippen LogP contribution in [0.2, 0.25) is 0 Å². The number of amides is 1. The zero-order valence-corrected chi connectivity index (χ0v) is 15.4. The van der Waals surface area contributed by atoms with Crippen molar-refractivity contribution in [1.82, 2.24) is 4.98 Å². The number of aromatic carboxylic acids is 1. The summed E-state index contributed by atoms with van der Waals surface area (Å²) in [6.07, 6.45) is 0. The van der Waals surface area contributed by atoms with E-state index in [4.69, 9.17) is 9.15 Å². The Bertz CT molecular complexity index is 1210. The van der Waals surface area contributed by atoms with E-state index in [1.54, 1.807) is 60.7 Å². The number of nitrogens with zero attached hydrogens (tertiary/aromatic N) is 1. The fourth-order valence-electron chi connectivity index (χ4n) is 2.89. The third-order valence-corrected chi connectivity index (χ3v) is 4.16. The minimum atomic E-state index is -1.05. The zero-order valence-electron chi connectivity index (χ0n) is 15.4. The van der Waals surface area contributed by atoms with Crippen molar-refractivity contribution in [2.24, 2.45) is 0 Å². The molecule has 29 heavy (non-hydrogen) atoms. The molecule has 0 spiro atoms. The van der Waals surface area contributed by atoms with Gasteiger partial charge < -0.3 is 19.6 Å². The lowest BCUT2D eigenvalue weighted by Gasteiger charge is -2.07. The number of oxazole rings is 1. The molecule has 3 aromatic carbocycles. The van der Waals surface area contributed by atoms with Gasteiger partial charge in [-0.2, -0.15) is 0 Å². The van der Waals surface area contributed by atoms with E-state index < -0.39 is 5.97 Å². The van der Waals surface area contributed by atoms with E-state index in [2.05, 4.69) is 10.3 Å². The van der Waals surface area contributed by atoms with Crippen LogP contribution in [0.15, 0.2) is 71.1 Å². The number of fused-ring (bicyclic) bond motifs is 1. The number of carboxylic acid groups (broad SMARTS) is 1. The highest BCUT2D eigenvalue weighted by atomic mass is 16.5. The molecular formula is C22H16N2O5. The van der Waals surface area contributed by atoms with Crippen molar-refractivity contribution >= 4 is 28.7 Å². The number of carbonyl (C=O) groups excluding carboxylic acids is 1. The molecule has 7 heteroatoms. The van der Waals surface area contributed by atoms with Crippen LogP contribution >= 0.6 is 0 Å². The Morgan fingerprint density at radius 1 is 1.00 bits per heavy atom. The smallest absolute Gasteiger partial charge is 0.336 e. The van der Waals surface area contributed by atoms with Gasteiger partial charge >= 0.3 is 5.97 Å². The Labute approximate surface area is 165 Å². The van der Waals surface area contributed by atoms with Gasteiger partial charge in [-0.15, -0.1) is 0 Å². The van der Waals surface area contributed by atoms with Crippen LogP contribution < -0.4 is 10.1 Å². The van der Waals surface area contributed by atoms with E-state index in [-0.39, 0.29) is 17.4 Å². The normalized spacial score (nSPS) is 10.7. The third kappa shape index (κ3) is 3.93. The van der Waals surface area contributed by atoms with E-state index in [1.807, 2.05) is 0 Å². The molecule has 4 aromatic rings. The average molecular weight is 388 g/mol. The van der Waals surface area contributed by atoms with E-state index >= 15 is 0 Å². The summed E-state index contributed by atoms with van der Waals surface area (Å²) in [5.74, 6) is 0.174. The molecule has 0 aliphatic rings. The topological polar surface area (TPSA) is 102 Å². The number of nitrogens with one attached hydrogen (secondary N) is 1. The molecule has 0 radical (unpaired) electrons. The summed E-state index contributed by atoms with van der Waals surface area (Å²) < 4.78 is 11.6. The van der Waals surface area contributed by atoms with Gasteiger partial charge in [0.05, 0.1) is 11.1 Å². The van der Waals surface area contributed by atoms with Crippen LogP contribution in [-0.2, 0) is 4.79 Å². The van der Waals surface area contributed by atoms with Crippen LogP contribution in [0.25, 0.3) is 22.6 Å². The first-order valence-electron chi connectivity index (χ1n) is 8.78. The highest BCUT2D eigenvalue weighted by molar-refractivity contribution is 5.95. The summed E-state index contributed by atoms with van der Waals surface area (Å²) in [6, 6.07) is 18.7.